The van der Waals surface area contributed by atoms with Gasteiger partial charge in [-0.05, 0) is 46.5 Å². The highest BCUT2D eigenvalue weighted by Gasteiger charge is 2.06. The maximum Gasteiger partial charge on any atom is 0.0737 e. The van der Waals surface area contributed by atoms with Crippen molar-refractivity contribution < 1.29 is 0 Å². The summed E-state index contributed by atoms with van der Waals surface area (Å²) >= 11 is 0. The van der Waals surface area contributed by atoms with E-state index in [0.29, 0.717) is 12.0 Å². The average Bonchev–Trinajstić information content (AvgIpc) is 2.43. The second kappa shape index (κ2) is 12.8. The monoisotopic (exact) mass is 308 g/mol. The first kappa shape index (κ1) is 21.3. The zero-order valence-electron chi connectivity index (χ0n) is 15.0. The minimum atomic E-state index is 0.251. The number of nitrogens with two attached hydrogens (primary N) is 2. The molecule has 0 saturated heterocycles. The Bertz CT molecular complexity index is 287. The van der Waals surface area contributed by atoms with Gasteiger partial charge in [0, 0.05) is 24.0 Å². The van der Waals surface area contributed by atoms with Gasteiger partial charge in [0.2, 0.25) is 0 Å². The van der Waals surface area contributed by atoms with Gasteiger partial charge in [0.25, 0.3) is 0 Å². The van der Waals surface area contributed by atoms with Crippen molar-refractivity contribution in [3.8, 4) is 0 Å². The van der Waals surface area contributed by atoms with Gasteiger partial charge in [-0.15, -0.1) is 0 Å². The van der Waals surface area contributed by atoms with E-state index in [1.165, 1.54) is 44.9 Å². The first-order valence-electron chi connectivity index (χ1n) is 8.78. The van der Waals surface area contributed by atoms with E-state index >= 15 is 0 Å². The fourth-order valence-corrected chi connectivity index (χ4v) is 2.27. The van der Waals surface area contributed by atoms with E-state index in [4.69, 9.17) is 19.4 Å². The third kappa shape index (κ3) is 15.7. The van der Waals surface area contributed by atoms with Crippen molar-refractivity contribution in [3.05, 3.63) is 11.9 Å². The summed E-state index contributed by atoms with van der Waals surface area (Å²) in [5.74, 6) is 5.81. The summed E-state index contributed by atoms with van der Waals surface area (Å²) in [5.41, 5.74) is 6.51. The molecule has 22 heavy (non-hydrogen) atoms. The standard InChI is InChI=1S/C17H37BN4/c1-17(2,3)21-12-10-8-6-4-5-7-9-11-13-22(20)15-16(19)14-18/h15,21H,4-14,19-20H2,1-3H3/b16-15-. The van der Waals surface area contributed by atoms with E-state index < -0.39 is 0 Å². The van der Waals surface area contributed by atoms with E-state index in [1.54, 1.807) is 11.2 Å². The number of unbranched alkanes of at least 4 members (excludes halogenated alkanes) is 7. The first-order valence-corrected chi connectivity index (χ1v) is 8.78. The van der Waals surface area contributed by atoms with Crippen molar-refractivity contribution in [2.45, 2.75) is 84.0 Å². The Balaban J connectivity index is 3.27. The lowest BCUT2D eigenvalue weighted by Gasteiger charge is -2.20. The summed E-state index contributed by atoms with van der Waals surface area (Å²) in [5, 5.41) is 5.17. The fraction of sp³-hybridized carbons (Fsp3) is 0.882. The quantitative estimate of drug-likeness (QED) is 0.212. The molecule has 2 radical (unpaired) electrons. The number of hydrazine groups is 1. The maximum atomic E-state index is 5.81. The Hall–Kier alpha value is -0.675. The summed E-state index contributed by atoms with van der Waals surface area (Å²) in [6.45, 7) is 8.63. The van der Waals surface area contributed by atoms with Gasteiger partial charge in [0.1, 0.15) is 0 Å². The van der Waals surface area contributed by atoms with E-state index in [0.717, 1.165) is 19.5 Å². The van der Waals surface area contributed by atoms with Crippen LogP contribution in [0.15, 0.2) is 11.9 Å². The van der Waals surface area contributed by atoms with Gasteiger partial charge in [-0.2, -0.15) is 0 Å². The Morgan fingerprint density at radius 3 is 2.00 bits per heavy atom. The Morgan fingerprint density at radius 2 is 1.50 bits per heavy atom. The van der Waals surface area contributed by atoms with E-state index in [2.05, 4.69) is 26.1 Å². The predicted molar refractivity (Wildman–Crippen MR) is 98.4 cm³/mol. The van der Waals surface area contributed by atoms with Gasteiger partial charge in [0.15, 0.2) is 0 Å². The van der Waals surface area contributed by atoms with Crippen LogP contribution in [0.25, 0.3) is 0 Å². The normalized spacial score (nSPS) is 12.6. The molecule has 0 fully saturated rings. The van der Waals surface area contributed by atoms with Gasteiger partial charge < -0.3 is 16.1 Å². The fourth-order valence-electron chi connectivity index (χ4n) is 2.27. The lowest BCUT2D eigenvalue weighted by molar-refractivity contribution is 0.373. The van der Waals surface area contributed by atoms with Crippen molar-refractivity contribution in [1.82, 2.24) is 10.3 Å². The third-order valence-corrected chi connectivity index (χ3v) is 3.57. The van der Waals surface area contributed by atoms with Crippen molar-refractivity contribution in [1.29, 1.82) is 0 Å². The molecular weight excluding hydrogens is 271 g/mol. The summed E-state index contributed by atoms with van der Waals surface area (Å²) < 4.78 is 0. The number of nitrogens with zero attached hydrogens (tertiary/aromatic N) is 1. The molecular formula is C17H37BN4. The number of nitrogens with one attached hydrogen (secondary N) is 1. The Kier molecular flexibility index (Phi) is 12.4. The molecule has 0 unspecified atom stereocenters. The summed E-state index contributed by atoms with van der Waals surface area (Å²) in [6.07, 6.45) is 12.4. The highest BCUT2D eigenvalue weighted by molar-refractivity contribution is 6.10. The maximum absolute atomic E-state index is 5.81. The molecule has 0 spiro atoms. The summed E-state index contributed by atoms with van der Waals surface area (Å²) in [7, 11) is 5.42. The molecule has 0 aromatic heterocycles. The van der Waals surface area contributed by atoms with Crippen molar-refractivity contribution in [2.24, 2.45) is 11.6 Å². The largest absolute Gasteiger partial charge is 0.401 e. The number of hydrogen-bond acceptors (Lipinski definition) is 4. The molecule has 0 aliphatic rings. The molecule has 0 aromatic rings. The van der Waals surface area contributed by atoms with Crippen LogP contribution in [0.2, 0.25) is 6.32 Å². The van der Waals surface area contributed by atoms with Crippen LogP contribution in [-0.4, -0.2) is 31.5 Å². The van der Waals surface area contributed by atoms with Crippen LogP contribution in [-0.2, 0) is 0 Å². The zero-order chi connectivity index (χ0) is 16.8. The van der Waals surface area contributed by atoms with E-state index in [9.17, 15) is 0 Å². The van der Waals surface area contributed by atoms with Crippen molar-refractivity contribution in [2.75, 3.05) is 13.1 Å². The highest BCUT2D eigenvalue weighted by atomic mass is 15.4. The van der Waals surface area contributed by atoms with Gasteiger partial charge in [-0.3, -0.25) is 0 Å². The molecule has 128 valence electrons. The van der Waals surface area contributed by atoms with Crippen molar-refractivity contribution >= 4 is 7.85 Å². The van der Waals surface area contributed by atoms with Crippen LogP contribution in [0.3, 0.4) is 0 Å². The molecule has 5 heteroatoms. The minimum Gasteiger partial charge on any atom is -0.401 e. The van der Waals surface area contributed by atoms with Crippen LogP contribution in [0.5, 0.6) is 0 Å². The van der Waals surface area contributed by atoms with Gasteiger partial charge >= 0.3 is 0 Å². The van der Waals surface area contributed by atoms with Gasteiger partial charge in [-0.1, -0.05) is 38.5 Å². The number of allylic oxidation sites excluding steroid dienone is 1. The SMILES string of the molecule is [B]C/C(N)=C/N(N)CCCCCCCCCCNC(C)(C)C. The van der Waals surface area contributed by atoms with Crippen LogP contribution < -0.4 is 16.9 Å². The second-order valence-electron chi connectivity index (χ2n) is 7.15. The van der Waals surface area contributed by atoms with Crippen LogP contribution in [0.4, 0.5) is 0 Å². The summed E-state index contributed by atoms with van der Waals surface area (Å²) in [4.78, 5) is 0. The van der Waals surface area contributed by atoms with E-state index in [-0.39, 0.29) is 5.54 Å². The molecule has 5 N–H and O–H groups in total. The van der Waals surface area contributed by atoms with Gasteiger partial charge in [0.05, 0.1) is 7.85 Å². The molecule has 4 nitrogen and oxygen atoms in total. The van der Waals surface area contributed by atoms with Crippen molar-refractivity contribution in [3.63, 3.8) is 0 Å². The smallest absolute Gasteiger partial charge is 0.0737 e. The van der Waals surface area contributed by atoms with E-state index in [1.807, 2.05) is 0 Å². The molecule has 0 amide bonds. The van der Waals surface area contributed by atoms with Crippen LogP contribution >= 0.6 is 0 Å². The Morgan fingerprint density at radius 1 is 1.00 bits per heavy atom. The first-order chi connectivity index (χ1) is 10.3. The lowest BCUT2D eigenvalue weighted by Crippen LogP contribution is -2.36. The van der Waals surface area contributed by atoms with Crippen LogP contribution in [0.1, 0.15) is 72.1 Å². The topological polar surface area (TPSA) is 67.3 Å². The van der Waals surface area contributed by atoms with Gasteiger partial charge in [-0.25, -0.2) is 5.84 Å². The second-order valence-corrected chi connectivity index (χ2v) is 7.15. The molecule has 0 atom stereocenters. The summed E-state index contributed by atoms with van der Waals surface area (Å²) in [6, 6.07) is 0. The predicted octanol–water partition coefficient (Wildman–Crippen LogP) is 3.06. The molecule has 0 bridgehead atoms. The molecule has 0 saturated carbocycles. The molecule has 0 aliphatic carbocycles. The molecule has 0 aromatic carbocycles. The molecule has 0 rings (SSSR count). The lowest BCUT2D eigenvalue weighted by atomic mass is 10.0. The highest BCUT2D eigenvalue weighted by Crippen LogP contribution is 2.09. The van der Waals surface area contributed by atoms with Crippen LogP contribution in [0, 0.1) is 0 Å². The Labute approximate surface area is 139 Å². The number of rotatable bonds is 13. The number of hydrogen-bond donors (Lipinski definition) is 3. The molecule has 0 heterocycles. The average molecular weight is 308 g/mol. The molecule has 0 aliphatic heterocycles. The third-order valence-electron chi connectivity index (χ3n) is 3.57. The minimum absolute atomic E-state index is 0.251. The zero-order valence-corrected chi connectivity index (χ0v) is 15.0.